The molecule has 10 nitrogen and oxygen atoms in total. The molecule has 0 bridgehead atoms. The third-order valence-corrected chi connectivity index (χ3v) is 5.73. The topological polar surface area (TPSA) is 129 Å². The number of methoxy groups -OCH3 is 1. The van der Waals surface area contributed by atoms with Gasteiger partial charge >= 0.3 is 5.82 Å². The third-order valence-electron chi connectivity index (χ3n) is 3.84. The average Bonchev–Trinajstić information content (AvgIpc) is 2.67. The van der Waals surface area contributed by atoms with Crippen LogP contribution >= 0.6 is 0 Å². The SMILES string of the molecule is CCCS(=O)(=O)N(C(=O)COc1ccc(C)nc1[N+](=O)[O-])c1ccc(OC)c(F)c1. The predicted molar refractivity (Wildman–Crippen MR) is 106 cm³/mol. The lowest BCUT2D eigenvalue weighted by Gasteiger charge is -2.22. The van der Waals surface area contributed by atoms with E-state index in [1.165, 1.54) is 31.4 Å². The molecule has 1 aromatic carbocycles. The lowest BCUT2D eigenvalue weighted by molar-refractivity contribution is -0.390. The molecule has 1 aromatic heterocycles. The van der Waals surface area contributed by atoms with E-state index in [-0.39, 0.29) is 29.4 Å². The van der Waals surface area contributed by atoms with Crippen molar-refractivity contribution in [3.05, 3.63) is 52.0 Å². The molecule has 12 heteroatoms. The quantitative estimate of drug-likeness (QED) is 0.429. The largest absolute Gasteiger partial charge is 0.494 e. The molecule has 0 spiro atoms. The second kappa shape index (κ2) is 9.48. The smallest absolute Gasteiger partial charge is 0.406 e. The summed E-state index contributed by atoms with van der Waals surface area (Å²) in [7, 11) is -2.91. The zero-order valence-electron chi connectivity index (χ0n) is 16.5. The number of pyridine rings is 1. The fraction of sp³-hybridized carbons (Fsp3) is 0.333. The molecule has 162 valence electrons. The Morgan fingerprint density at radius 1 is 1.27 bits per heavy atom. The third kappa shape index (κ3) is 5.20. The van der Waals surface area contributed by atoms with Gasteiger partial charge in [-0.1, -0.05) is 6.92 Å². The van der Waals surface area contributed by atoms with Crippen LogP contribution in [0.15, 0.2) is 30.3 Å². The standard InChI is InChI=1S/C18H20FN3O7S/c1-4-9-30(26,27)21(13-6-8-15(28-3)14(19)10-13)17(23)11-29-16-7-5-12(2)20-18(16)22(24)25/h5-8,10H,4,9,11H2,1-3H3. The van der Waals surface area contributed by atoms with Gasteiger partial charge in [-0.05, 0) is 40.6 Å². The number of sulfonamides is 1. The zero-order chi connectivity index (χ0) is 22.5. The number of halogens is 1. The maximum Gasteiger partial charge on any atom is 0.406 e. The minimum absolute atomic E-state index is 0.128. The molecule has 0 aliphatic heterocycles. The molecule has 0 radical (unpaired) electrons. The van der Waals surface area contributed by atoms with Gasteiger partial charge in [0, 0.05) is 13.0 Å². The van der Waals surface area contributed by atoms with Gasteiger partial charge in [-0.3, -0.25) is 4.79 Å². The Morgan fingerprint density at radius 2 is 1.93 bits per heavy atom. The Labute approximate surface area is 172 Å². The van der Waals surface area contributed by atoms with Crippen LogP contribution in [0, 0.1) is 22.9 Å². The van der Waals surface area contributed by atoms with E-state index in [0.29, 0.717) is 10.00 Å². The molecule has 0 saturated carbocycles. The number of hydrogen-bond donors (Lipinski definition) is 0. The number of anilines is 1. The lowest BCUT2D eigenvalue weighted by atomic mass is 10.3. The monoisotopic (exact) mass is 441 g/mol. The first-order valence-corrected chi connectivity index (χ1v) is 10.4. The molecule has 1 heterocycles. The summed E-state index contributed by atoms with van der Waals surface area (Å²) in [5, 5.41) is 11.1. The van der Waals surface area contributed by atoms with E-state index in [1.807, 2.05) is 0 Å². The van der Waals surface area contributed by atoms with Crippen LogP contribution in [0.4, 0.5) is 15.9 Å². The number of hydrogen-bond acceptors (Lipinski definition) is 8. The molecule has 0 N–H and O–H groups in total. The Hall–Kier alpha value is -3.28. The highest BCUT2D eigenvalue weighted by molar-refractivity contribution is 7.93. The molecule has 0 aliphatic carbocycles. The molecule has 0 fully saturated rings. The van der Waals surface area contributed by atoms with Crippen molar-refractivity contribution in [3.63, 3.8) is 0 Å². The molecule has 2 rings (SSSR count). The summed E-state index contributed by atoms with van der Waals surface area (Å²) in [6, 6.07) is 5.94. The van der Waals surface area contributed by atoms with E-state index in [2.05, 4.69) is 4.98 Å². The van der Waals surface area contributed by atoms with E-state index < -0.39 is 39.1 Å². The van der Waals surface area contributed by atoms with Crippen molar-refractivity contribution < 1.29 is 32.0 Å². The molecular formula is C18H20FN3O7S. The first kappa shape index (κ1) is 23.0. The highest BCUT2D eigenvalue weighted by Gasteiger charge is 2.30. The summed E-state index contributed by atoms with van der Waals surface area (Å²) in [5.41, 5.74) is 0.119. The number of aryl methyl sites for hydroxylation is 1. The van der Waals surface area contributed by atoms with Gasteiger partial charge in [0.2, 0.25) is 15.8 Å². The Bertz CT molecular complexity index is 1060. The summed E-state index contributed by atoms with van der Waals surface area (Å²) >= 11 is 0. The molecule has 0 atom stereocenters. The van der Waals surface area contributed by atoms with Crippen LogP contribution in [0.5, 0.6) is 11.5 Å². The molecule has 0 saturated heterocycles. The number of carbonyl (C=O) groups excluding carboxylic acids is 1. The number of amides is 1. The van der Waals surface area contributed by atoms with Crippen molar-refractivity contribution in [3.8, 4) is 11.5 Å². The van der Waals surface area contributed by atoms with Crippen molar-refractivity contribution >= 4 is 27.4 Å². The van der Waals surface area contributed by atoms with Crippen LogP contribution in [0.25, 0.3) is 0 Å². The van der Waals surface area contributed by atoms with Crippen LogP contribution < -0.4 is 13.8 Å². The minimum atomic E-state index is -4.15. The van der Waals surface area contributed by atoms with Crippen LogP contribution in [-0.4, -0.2) is 43.7 Å². The van der Waals surface area contributed by atoms with Gasteiger partial charge in [-0.15, -0.1) is 0 Å². The normalized spacial score (nSPS) is 11.1. The van der Waals surface area contributed by atoms with Crippen LogP contribution in [0.1, 0.15) is 19.0 Å². The molecule has 0 unspecified atom stereocenters. The van der Waals surface area contributed by atoms with Gasteiger partial charge in [0.05, 0.1) is 18.6 Å². The Balaban J connectivity index is 2.37. The number of rotatable bonds is 9. The summed E-state index contributed by atoms with van der Waals surface area (Å²) in [5.74, 6) is -3.33. The number of nitro groups is 1. The maximum atomic E-state index is 14.1. The van der Waals surface area contributed by atoms with E-state index >= 15 is 0 Å². The van der Waals surface area contributed by atoms with Crippen molar-refractivity contribution in [1.82, 2.24) is 4.98 Å². The molecule has 1 amide bonds. The van der Waals surface area contributed by atoms with Crippen molar-refractivity contribution in [2.24, 2.45) is 0 Å². The number of benzene rings is 1. The summed E-state index contributed by atoms with van der Waals surface area (Å²) in [6.07, 6.45) is 0.207. The Morgan fingerprint density at radius 3 is 2.50 bits per heavy atom. The van der Waals surface area contributed by atoms with Gasteiger partial charge in [0.25, 0.3) is 5.91 Å². The van der Waals surface area contributed by atoms with E-state index in [9.17, 15) is 27.7 Å². The van der Waals surface area contributed by atoms with Crippen LogP contribution in [0.3, 0.4) is 0 Å². The second-order valence-corrected chi connectivity index (χ2v) is 8.05. The van der Waals surface area contributed by atoms with E-state index in [0.717, 1.165) is 6.07 Å². The van der Waals surface area contributed by atoms with Crippen LogP contribution in [0.2, 0.25) is 0 Å². The van der Waals surface area contributed by atoms with Gasteiger partial charge in [-0.25, -0.2) is 17.1 Å². The van der Waals surface area contributed by atoms with Crippen molar-refractivity contribution in [1.29, 1.82) is 0 Å². The number of aromatic nitrogens is 1. The Kier molecular flexibility index (Phi) is 7.27. The lowest BCUT2D eigenvalue weighted by Crippen LogP contribution is -2.41. The van der Waals surface area contributed by atoms with Gasteiger partial charge in [-0.2, -0.15) is 0 Å². The van der Waals surface area contributed by atoms with Crippen molar-refractivity contribution in [2.75, 3.05) is 23.8 Å². The van der Waals surface area contributed by atoms with Crippen molar-refractivity contribution in [2.45, 2.75) is 20.3 Å². The summed E-state index contributed by atoms with van der Waals surface area (Å²) < 4.78 is 49.8. The number of carbonyl (C=O) groups is 1. The summed E-state index contributed by atoms with van der Waals surface area (Å²) in [4.78, 5) is 26.8. The van der Waals surface area contributed by atoms with E-state index in [4.69, 9.17) is 9.47 Å². The number of nitrogens with zero attached hydrogens (tertiary/aromatic N) is 3. The maximum absolute atomic E-state index is 14.1. The second-order valence-electron chi connectivity index (χ2n) is 6.11. The fourth-order valence-electron chi connectivity index (χ4n) is 2.56. The van der Waals surface area contributed by atoms with E-state index in [1.54, 1.807) is 13.8 Å². The average molecular weight is 441 g/mol. The highest BCUT2D eigenvalue weighted by atomic mass is 32.2. The number of ether oxygens (including phenoxy) is 2. The van der Waals surface area contributed by atoms with Gasteiger partial charge in [0.15, 0.2) is 18.2 Å². The molecule has 0 aliphatic rings. The fourth-order valence-corrected chi connectivity index (χ4v) is 4.06. The van der Waals surface area contributed by atoms with Crippen LogP contribution in [-0.2, 0) is 14.8 Å². The molecular weight excluding hydrogens is 421 g/mol. The predicted octanol–water partition coefficient (Wildman–Crippen LogP) is 2.60. The molecule has 30 heavy (non-hydrogen) atoms. The minimum Gasteiger partial charge on any atom is -0.494 e. The van der Waals surface area contributed by atoms with Gasteiger partial charge in [0.1, 0.15) is 5.69 Å². The first-order chi connectivity index (χ1) is 14.1. The summed E-state index contributed by atoms with van der Waals surface area (Å²) in [6.45, 7) is 2.30. The highest BCUT2D eigenvalue weighted by Crippen LogP contribution is 2.27. The zero-order valence-corrected chi connectivity index (χ0v) is 17.3. The first-order valence-electron chi connectivity index (χ1n) is 8.75. The molecule has 2 aromatic rings. The van der Waals surface area contributed by atoms with Gasteiger partial charge < -0.3 is 19.6 Å².